The van der Waals surface area contributed by atoms with Gasteiger partial charge in [0.05, 0.1) is 10.9 Å². The highest BCUT2D eigenvalue weighted by atomic mass is 19.1. The van der Waals surface area contributed by atoms with Crippen LogP contribution in [0.15, 0.2) is 59.7 Å². The zero-order chi connectivity index (χ0) is 22.1. The monoisotopic (exact) mass is 419 g/mol. The molecule has 0 bridgehead atoms. The lowest BCUT2D eigenvalue weighted by atomic mass is 10.1. The van der Waals surface area contributed by atoms with Crippen LogP contribution in [0.5, 0.6) is 0 Å². The van der Waals surface area contributed by atoms with Crippen LogP contribution in [0, 0.1) is 12.7 Å². The van der Waals surface area contributed by atoms with Gasteiger partial charge in [-0.1, -0.05) is 12.1 Å². The number of carbonyl (C=O) groups is 2. The van der Waals surface area contributed by atoms with Gasteiger partial charge in [-0.2, -0.15) is 0 Å². The Labute approximate surface area is 176 Å². The van der Waals surface area contributed by atoms with Gasteiger partial charge in [0.1, 0.15) is 18.2 Å². The molecule has 0 aliphatic rings. The Morgan fingerprint density at radius 2 is 1.97 bits per heavy atom. The van der Waals surface area contributed by atoms with E-state index in [1.54, 1.807) is 49.0 Å². The molecular formula is C22H18FN5O3. The summed E-state index contributed by atoms with van der Waals surface area (Å²) in [5.74, 6) is -0.709. The molecular weight excluding hydrogens is 401 g/mol. The average Bonchev–Trinajstić information content (AvgIpc) is 3.17. The fourth-order valence-corrected chi connectivity index (χ4v) is 3.29. The molecule has 1 amide bonds. The topological polar surface area (TPSA) is 98.9 Å². The molecule has 156 valence electrons. The van der Waals surface area contributed by atoms with Crippen molar-refractivity contribution >= 4 is 28.3 Å². The number of carbonyl (C=O) groups excluding carboxylic acids is 2. The second-order valence-corrected chi connectivity index (χ2v) is 7.03. The third-order valence-electron chi connectivity index (χ3n) is 4.84. The standard InChI is InChI=1S/C22H18FN5O3/c1-13-25-18-7-6-15(23)11-17(18)22(31)28(13)12-19(29)26-16-5-3-4-14(10-16)20(30)21-24-8-9-27(21)2/h3-11H,12H2,1-2H3,(H,26,29). The van der Waals surface area contributed by atoms with E-state index in [9.17, 15) is 18.8 Å². The molecule has 2 aromatic carbocycles. The van der Waals surface area contributed by atoms with E-state index in [1.165, 1.54) is 22.9 Å². The zero-order valence-electron chi connectivity index (χ0n) is 16.8. The normalized spacial score (nSPS) is 10.9. The highest BCUT2D eigenvalue weighted by Crippen LogP contribution is 2.15. The minimum absolute atomic E-state index is 0.0982. The number of aromatic nitrogens is 4. The number of fused-ring (bicyclic) bond motifs is 1. The van der Waals surface area contributed by atoms with Gasteiger partial charge < -0.3 is 9.88 Å². The number of rotatable bonds is 5. The van der Waals surface area contributed by atoms with Crippen molar-refractivity contribution in [1.29, 1.82) is 0 Å². The van der Waals surface area contributed by atoms with Crippen molar-refractivity contribution < 1.29 is 14.0 Å². The molecule has 0 saturated carbocycles. The fourth-order valence-electron chi connectivity index (χ4n) is 3.29. The fraction of sp³-hybridized carbons (Fsp3) is 0.136. The van der Waals surface area contributed by atoms with Gasteiger partial charge in [0, 0.05) is 30.7 Å². The summed E-state index contributed by atoms with van der Waals surface area (Å²) in [6.07, 6.45) is 3.20. The van der Waals surface area contributed by atoms with E-state index in [4.69, 9.17) is 0 Å². The van der Waals surface area contributed by atoms with Gasteiger partial charge in [-0.05, 0) is 37.3 Å². The Kier molecular flexibility index (Phi) is 5.16. The van der Waals surface area contributed by atoms with Gasteiger partial charge >= 0.3 is 0 Å². The number of amides is 1. The first-order valence-electron chi connectivity index (χ1n) is 9.42. The van der Waals surface area contributed by atoms with Crippen molar-refractivity contribution in [2.75, 3.05) is 5.32 Å². The Balaban J connectivity index is 1.57. The van der Waals surface area contributed by atoms with Crippen molar-refractivity contribution in [3.8, 4) is 0 Å². The maximum atomic E-state index is 13.5. The summed E-state index contributed by atoms with van der Waals surface area (Å²) < 4.78 is 16.3. The SMILES string of the molecule is Cc1nc2ccc(F)cc2c(=O)n1CC(=O)Nc1cccc(C(=O)c2nccn2C)c1. The first kappa shape index (κ1) is 20.1. The summed E-state index contributed by atoms with van der Waals surface area (Å²) in [4.78, 5) is 46.2. The second kappa shape index (κ2) is 7.94. The molecule has 0 aliphatic heterocycles. The highest BCUT2D eigenvalue weighted by Gasteiger charge is 2.16. The number of halogens is 1. The minimum Gasteiger partial charge on any atom is -0.331 e. The lowest BCUT2D eigenvalue weighted by Crippen LogP contribution is -2.30. The van der Waals surface area contributed by atoms with Crippen LogP contribution >= 0.6 is 0 Å². The third-order valence-corrected chi connectivity index (χ3v) is 4.84. The van der Waals surface area contributed by atoms with E-state index in [0.29, 0.717) is 22.6 Å². The molecule has 0 unspecified atom stereocenters. The summed E-state index contributed by atoms with van der Waals surface area (Å²) >= 11 is 0. The first-order chi connectivity index (χ1) is 14.8. The Morgan fingerprint density at radius 3 is 2.71 bits per heavy atom. The smallest absolute Gasteiger partial charge is 0.261 e. The van der Waals surface area contributed by atoms with Crippen molar-refractivity contribution in [2.24, 2.45) is 7.05 Å². The predicted molar refractivity (Wildman–Crippen MR) is 112 cm³/mol. The van der Waals surface area contributed by atoms with Gasteiger partial charge in [-0.3, -0.25) is 19.0 Å². The molecule has 4 aromatic rings. The van der Waals surface area contributed by atoms with Gasteiger partial charge in [0.2, 0.25) is 11.7 Å². The summed E-state index contributed by atoms with van der Waals surface area (Å²) in [7, 11) is 1.72. The summed E-state index contributed by atoms with van der Waals surface area (Å²) in [5.41, 5.74) is 0.621. The molecule has 2 heterocycles. The minimum atomic E-state index is -0.555. The molecule has 0 atom stereocenters. The number of hydrogen-bond acceptors (Lipinski definition) is 5. The molecule has 0 saturated heterocycles. The van der Waals surface area contributed by atoms with Crippen LogP contribution in [-0.4, -0.2) is 30.8 Å². The van der Waals surface area contributed by atoms with Crippen LogP contribution in [0.4, 0.5) is 10.1 Å². The van der Waals surface area contributed by atoms with E-state index in [1.807, 2.05) is 0 Å². The molecule has 0 spiro atoms. The zero-order valence-corrected chi connectivity index (χ0v) is 16.8. The lowest BCUT2D eigenvalue weighted by Gasteiger charge is -2.12. The van der Waals surface area contributed by atoms with Gasteiger partial charge in [0.15, 0.2) is 5.82 Å². The van der Waals surface area contributed by atoms with Gasteiger partial charge in [-0.25, -0.2) is 14.4 Å². The number of anilines is 1. The third kappa shape index (κ3) is 3.97. The van der Waals surface area contributed by atoms with Crippen LogP contribution in [0.3, 0.4) is 0 Å². The summed E-state index contributed by atoms with van der Waals surface area (Å²) in [5, 5.41) is 2.78. The largest absolute Gasteiger partial charge is 0.331 e. The molecule has 8 nitrogen and oxygen atoms in total. The summed E-state index contributed by atoms with van der Waals surface area (Å²) in [6.45, 7) is 1.30. The van der Waals surface area contributed by atoms with E-state index in [-0.39, 0.29) is 23.5 Å². The highest BCUT2D eigenvalue weighted by molar-refractivity contribution is 6.07. The van der Waals surface area contributed by atoms with Crippen LogP contribution in [0.25, 0.3) is 10.9 Å². The van der Waals surface area contributed by atoms with E-state index in [0.717, 1.165) is 6.07 Å². The van der Waals surface area contributed by atoms with E-state index < -0.39 is 17.3 Å². The van der Waals surface area contributed by atoms with Gasteiger partial charge in [-0.15, -0.1) is 0 Å². The number of hydrogen-bond donors (Lipinski definition) is 1. The molecule has 2 aromatic heterocycles. The lowest BCUT2D eigenvalue weighted by molar-refractivity contribution is -0.116. The maximum absolute atomic E-state index is 13.5. The number of benzene rings is 2. The first-order valence-corrected chi connectivity index (χ1v) is 9.42. The number of aryl methyl sites for hydroxylation is 2. The van der Waals surface area contributed by atoms with Crippen molar-refractivity contribution in [3.05, 3.63) is 88.2 Å². The molecule has 31 heavy (non-hydrogen) atoms. The predicted octanol–water partition coefficient (Wildman–Crippen LogP) is 2.45. The second-order valence-electron chi connectivity index (χ2n) is 7.03. The Hall–Kier alpha value is -4.14. The van der Waals surface area contributed by atoms with Crippen LogP contribution in [0.2, 0.25) is 0 Å². The number of nitrogens with one attached hydrogen (secondary N) is 1. The number of imidazole rings is 1. The van der Waals surface area contributed by atoms with Crippen LogP contribution in [-0.2, 0) is 18.4 Å². The van der Waals surface area contributed by atoms with E-state index >= 15 is 0 Å². The van der Waals surface area contributed by atoms with Crippen molar-refractivity contribution in [1.82, 2.24) is 19.1 Å². The molecule has 0 aliphatic carbocycles. The van der Waals surface area contributed by atoms with Crippen LogP contribution in [0.1, 0.15) is 22.0 Å². The number of nitrogens with zero attached hydrogens (tertiary/aromatic N) is 4. The average molecular weight is 419 g/mol. The van der Waals surface area contributed by atoms with Crippen LogP contribution < -0.4 is 10.9 Å². The Bertz CT molecular complexity index is 1390. The maximum Gasteiger partial charge on any atom is 0.261 e. The molecule has 0 radical (unpaired) electrons. The van der Waals surface area contributed by atoms with Crippen molar-refractivity contribution in [3.63, 3.8) is 0 Å². The molecule has 4 rings (SSSR count). The molecule has 1 N–H and O–H groups in total. The molecule has 0 fully saturated rings. The quantitative estimate of drug-likeness (QED) is 0.501. The summed E-state index contributed by atoms with van der Waals surface area (Å²) in [6, 6.07) is 10.2. The van der Waals surface area contributed by atoms with Crippen molar-refractivity contribution in [2.45, 2.75) is 13.5 Å². The van der Waals surface area contributed by atoms with E-state index in [2.05, 4.69) is 15.3 Å². The molecule has 9 heteroatoms. The number of ketones is 1. The Morgan fingerprint density at radius 1 is 1.16 bits per heavy atom. The van der Waals surface area contributed by atoms with Gasteiger partial charge in [0.25, 0.3) is 5.56 Å².